The molecule has 0 atom stereocenters. The van der Waals surface area contributed by atoms with Gasteiger partial charge in [0.25, 0.3) is 0 Å². The van der Waals surface area contributed by atoms with Crippen LogP contribution in [0.1, 0.15) is 16.7 Å². The van der Waals surface area contributed by atoms with Crippen LogP contribution in [-0.4, -0.2) is 84.6 Å². The van der Waals surface area contributed by atoms with E-state index in [1.807, 2.05) is 49.4 Å². The maximum atomic E-state index is 13.0. The molecule has 0 radical (unpaired) electrons. The fourth-order valence-corrected chi connectivity index (χ4v) is 4.59. The van der Waals surface area contributed by atoms with E-state index in [-0.39, 0.29) is 72.7 Å². The van der Waals surface area contributed by atoms with E-state index in [1.54, 1.807) is 24.3 Å². The van der Waals surface area contributed by atoms with Crippen LogP contribution >= 0.6 is 0 Å². The third-order valence-corrected chi connectivity index (χ3v) is 7.22. The Morgan fingerprint density at radius 1 is 0.632 bits per heavy atom. The number of rotatable bonds is 30. The van der Waals surface area contributed by atoms with Gasteiger partial charge in [-0.2, -0.15) is 9.78 Å². The number of esters is 2. The van der Waals surface area contributed by atoms with Crippen LogP contribution < -0.4 is 14.2 Å². The molecular formula is C43H48O14. The van der Waals surface area contributed by atoms with Gasteiger partial charge in [-0.15, -0.1) is 0 Å². The Morgan fingerprint density at radius 2 is 1.23 bits per heavy atom. The molecule has 304 valence electrons. The molecule has 14 heteroatoms. The van der Waals surface area contributed by atoms with Crippen LogP contribution in [0.5, 0.6) is 17.2 Å². The predicted molar refractivity (Wildman–Crippen MR) is 209 cm³/mol. The van der Waals surface area contributed by atoms with Crippen molar-refractivity contribution >= 4 is 18.0 Å². The van der Waals surface area contributed by atoms with Crippen molar-refractivity contribution in [2.24, 2.45) is 0 Å². The van der Waals surface area contributed by atoms with E-state index in [0.717, 1.165) is 29.0 Å². The molecule has 3 aromatic carbocycles. The normalized spacial score (nSPS) is 10.5. The van der Waals surface area contributed by atoms with E-state index in [9.17, 15) is 9.59 Å². The van der Waals surface area contributed by atoms with Crippen molar-refractivity contribution in [2.45, 2.75) is 13.3 Å². The summed E-state index contributed by atoms with van der Waals surface area (Å²) in [5.74, 6) is 0.000319. The topological polar surface area (TPSA) is 145 Å². The van der Waals surface area contributed by atoms with Crippen molar-refractivity contribution < 1.29 is 67.3 Å². The van der Waals surface area contributed by atoms with Crippen molar-refractivity contribution in [3.05, 3.63) is 133 Å². The minimum absolute atomic E-state index is 0.0532. The molecule has 0 aliphatic heterocycles. The summed E-state index contributed by atoms with van der Waals surface area (Å²) in [6.07, 6.45) is 6.65. The molecule has 0 spiro atoms. The van der Waals surface area contributed by atoms with E-state index in [0.29, 0.717) is 29.2 Å². The lowest BCUT2D eigenvalue weighted by Crippen LogP contribution is -2.15. The number of carbonyl (C=O) groups excluding carboxylic acids is 2. The van der Waals surface area contributed by atoms with E-state index in [2.05, 4.69) is 41.1 Å². The Bertz CT molecular complexity index is 1770. The molecule has 0 saturated heterocycles. The van der Waals surface area contributed by atoms with Gasteiger partial charge >= 0.3 is 11.9 Å². The molecule has 14 nitrogen and oxygen atoms in total. The van der Waals surface area contributed by atoms with Crippen LogP contribution in [0.15, 0.2) is 117 Å². The zero-order valence-corrected chi connectivity index (χ0v) is 32.0. The summed E-state index contributed by atoms with van der Waals surface area (Å²) in [5.41, 5.74) is 9.30. The van der Waals surface area contributed by atoms with Gasteiger partial charge in [-0.1, -0.05) is 85.3 Å². The van der Waals surface area contributed by atoms with Crippen LogP contribution in [0.2, 0.25) is 0 Å². The third-order valence-electron chi connectivity index (χ3n) is 7.22. The van der Waals surface area contributed by atoms with E-state index in [1.165, 1.54) is 17.9 Å². The monoisotopic (exact) mass is 788 g/mol. The largest absolute Gasteiger partial charge is 0.487 e. The second-order valence-electron chi connectivity index (χ2n) is 11.3. The first-order chi connectivity index (χ1) is 27.9. The maximum absolute atomic E-state index is 13.0. The summed E-state index contributed by atoms with van der Waals surface area (Å²) in [5, 5.41) is 4.48. The van der Waals surface area contributed by atoms with E-state index < -0.39 is 11.9 Å². The van der Waals surface area contributed by atoms with Crippen molar-refractivity contribution in [1.82, 2.24) is 0 Å². The van der Waals surface area contributed by atoms with E-state index in [4.69, 9.17) is 47.8 Å². The Labute approximate surface area is 332 Å². The first-order valence-electron chi connectivity index (χ1n) is 17.9. The predicted octanol–water partition coefficient (Wildman–Crippen LogP) is 6.79. The van der Waals surface area contributed by atoms with Gasteiger partial charge < -0.3 is 42.9 Å². The highest BCUT2D eigenvalue weighted by Gasteiger charge is 2.17. The van der Waals surface area contributed by atoms with Gasteiger partial charge in [0.2, 0.25) is 0 Å². The molecule has 0 bridgehead atoms. The average Bonchev–Trinajstić information content (AvgIpc) is 3.22. The number of carbonyl (C=O) groups is 2. The fraction of sp³-hybridized carbons (Fsp3) is 0.302. The van der Waals surface area contributed by atoms with Gasteiger partial charge in [-0.25, -0.2) is 9.59 Å². The fourth-order valence-electron chi connectivity index (χ4n) is 4.59. The van der Waals surface area contributed by atoms with Gasteiger partial charge in [0.15, 0.2) is 24.0 Å². The molecule has 0 N–H and O–H groups in total. The molecule has 0 unspecified atom stereocenters. The molecule has 0 heterocycles. The van der Waals surface area contributed by atoms with E-state index >= 15 is 0 Å². The summed E-state index contributed by atoms with van der Waals surface area (Å²) in [7, 11) is 0. The molecule has 57 heavy (non-hydrogen) atoms. The molecule has 0 aliphatic rings. The van der Waals surface area contributed by atoms with Gasteiger partial charge in [0, 0.05) is 23.3 Å². The highest BCUT2D eigenvalue weighted by Crippen LogP contribution is 2.37. The second-order valence-corrected chi connectivity index (χ2v) is 11.3. The second kappa shape index (κ2) is 28.5. The summed E-state index contributed by atoms with van der Waals surface area (Å²) in [6, 6.07) is 19.1. The number of hydrogen-bond acceptors (Lipinski definition) is 14. The van der Waals surface area contributed by atoms with Crippen molar-refractivity contribution in [3.8, 4) is 28.4 Å². The molecule has 0 fully saturated rings. The Kier molecular flexibility index (Phi) is 22.7. The number of aryl methyl sites for hydroxylation is 1. The van der Waals surface area contributed by atoms with Gasteiger partial charge in [-0.05, 0) is 47.7 Å². The van der Waals surface area contributed by atoms with Crippen molar-refractivity contribution in [1.29, 1.82) is 0 Å². The zero-order chi connectivity index (χ0) is 40.8. The van der Waals surface area contributed by atoms with Crippen LogP contribution in [0.25, 0.3) is 17.2 Å². The molecule has 0 aromatic heterocycles. The molecule has 0 aliphatic carbocycles. The standard InChI is InChI=1S/C43H48O14/c1-5-21-52-53-32-27-48-26-31-51-43-38(20-23-46-28-33-55-57-54-22-6-2)13-12-37(42(43)50-30-25-47-24-29-49-40(44)7-3)16-19-41(45)56-39-17-14-36(15-18-39)35-10-8-34(4)9-11-35/h7-19,21-22H,1-3,20,23-33H2,4H3/b19-16+. The van der Waals surface area contributed by atoms with Crippen LogP contribution in [-0.2, 0) is 59.5 Å². The summed E-state index contributed by atoms with van der Waals surface area (Å²) >= 11 is 0. The zero-order valence-electron chi connectivity index (χ0n) is 32.0. The Hall–Kier alpha value is -5.92. The highest BCUT2D eigenvalue weighted by atomic mass is 17.5. The Morgan fingerprint density at radius 3 is 1.91 bits per heavy atom. The number of ether oxygens (including phenoxy) is 7. The Balaban J connectivity index is 1.74. The molecule has 3 aromatic rings. The first kappa shape index (κ1) is 45.5. The first-order valence-corrected chi connectivity index (χ1v) is 17.9. The van der Waals surface area contributed by atoms with Gasteiger partial charge in [0.05, 0.1) is 39.6 Å². The lowest BCUT2D eigenvalue weighted by molar-refractivity contribution is -0.490. The molecule has 0 amide bonds. The molecular weight excluding hydrogens is 740 g/mol. The summed E-state index contributed by atoms with van der Waals surface area (Å²) in [4.78, 5) is 43.4. The lowest BCUT2D eigenvalue weighted by Gasteiger charge is -2.19. The van der Waals surface area contributed by atoms with Crippen molar-refractivity contribution in [3.63, 3.8) is 0 Å². The van der Waals surface area contributed by atoms with Gasteiger partial charge in [0.1, 0.15) is 38.8 Å². The minimum Gasteiger partial charge on any atom is -0.487 e. The third kappa shape index (κ3) is 19.0. The SMILES string of the molecule is C=C=COOCCOCCOc1c(CCOCCOOOC=C=C)ccc(/C=C/C(=O)Oc2ccc(-c3ccc(C)cc3)cc2)c1OCCOCCOC(=O)C=C. The van der Waals surface area contributed by atoms with Crippen molar-refractivity contribution in [2.75, 3.05) is 72.7 Å². The van der Waals surface area contributed by atoms with Crippen LogP contribution in [0.3, 0.4) is 0 Å². The summed E-state index contributed by atoms with van der Waals surface area (Å²) in [6.45, 7) is 13.9. The minimum atomic E-state index is -0.596. The quantitative estimate of drug-likeness (QED) is 0.0102. The van der Waals surface area contributed by atoms with Gasteiger partial charge in [-0.3, -0.25) is 0 Å². The number of hydrogen-bond donors (Lipinski definition) is 0. The maximum Gasteiger partial charge on any atom is 0.336 e. The van der Waals surface area contributed by atoms with Crippen LogP contribution in [0.4, 0.5) is 0 Å². The average molecular weight is 789 g/mol. The lowest BCUT2D eigenvalue weighted by atomic mass is 10.0. The smallest absolute Gasteiger partial charge is 0.336 e. The summed E-state index contributed by atoms with van der Waals surface area (Å²) < 4.78 is 39.9. The molecule has 0 saturated carbocycles. The van der Waals surface area contributed by atoms with Crippen LogP contribution in [0, 0.1) is 6.92 Å². The molecule has 3 rings (SSSR count). The number of benzene rings is 3. The highest BCUT2D eigenvalue weighted by molar-refractivity contribution is 5.89.